The lowest BCUT2D eigenvalue weighted by atomic mass is 9.68. The van der Waals surface area contributed by atoms with Crippen molar-refractivity contribution in [2.45, 2.75) is 32.5 Å². The number of aryl methyl sites for hydroxylation is 1. The molecule has 1 heteroatoms. The van der Waals surface area contributed by atoms with E-state index in [9.17, 15) is 0 Å². The first-order chi connectivity index (χ1) is 5.92. The average Bonchev–Trinajstić information content (AvgIpc) is 2.17. The Balaban J connectivity index is 2.44. The Bertz CT molecular complexity index is 264. The third kappa shape index (κ3) is 1.28. The third-order valence-electron chi connectivity index (χ3n) is 2.74. The standard InChI is InChI=1S/C11H14B/c1-12-11-8-4-6-9-5-2-3-7-10(9)11/h4,6,8H,2-3,5,7H2,1H3. The van der Waals surface area contributed by atoms with Crippen LogP contribution in [0.1, 0.15) is 24.0 Å². The van der Waals surface area contributed by atoms with Gasteiger partial charge in [0.2, 0.25) is 0 Å². The second-order valence-corrected chi connectivity index (χ2v) is 3.48. The van der Waals surface area contributed by atoms with E-state index in [1.54, 1.807) is 11.1 Å². The normalized spacial score (nSPS) is 15.4. The summed E-state index contributed by atoms with van der Waals surface area (Å²) in [4.78, 5) is 0. The van der Waals surface area contributed by atoms with Crippen LogP contribution in [0, 0.1) is 0 Å². The fourth-order valence-corrected chi connectivity index (χ4v) is 2.08. The summed E-state index contributed by atoms with van der Waals surface area (Å²) in [6.45, 7) is 2.13. The molecule has 0 amide bonds. The molecule has 1 aromatic carbocycles. The van der Waals surface area contributed by atoms with Crippen LogP contribution in [0.2, 0.25) is 6.82 Å². The summed E-state index contributed by atoms with van der Waals surface area (Å²) in [5, 5.41) is 0. The molecule has 0 N–H and O–H groups in total. The second-order valence-electron chi connectivity index (χ2n) is 3.48. The molecule has 0 spiro atoms. The van der Waals surface area contributed by atoms with Crippen molar-refractivity contribution in [3.8, 4) is 0 Å². The summed E-state index contributed by atoms with van der Waals surface area (Å²) in [5.41, 5.74) is 4.63. The largest absolute Gasteiger partial charge is 0.148 e. The van der Waals surface area contributed by atoms with E-state index < -0.39 is 0 Å². The number of fused-ring (bicyclic) bond motifs is 1. The van der Waals surface area contributed by atoms with Gasteiger partial charge in [0, 0.05) is 0 Å². The molecule has 2 rings (SSSR count). The Kier molecular flexibility index (Phi) is 2.20. The highest BCUT2D eigenvalue weighted by atomic mass is 14.1. The SMILES string of the molecule is C[B]c1cccc2c1CCCC2. The molecule has 0 atom stereocenters. The second kappa shape index (κ2) is 3.34. The van der Waals surface area contributed by atoms with Gasteiger partial charge in [-0.15, -0.1) is 0 Å². The average molecular weight is 157 g/mol. The molecule has 12 heavy (non-hydrogen) atoms. The van der Waals surface area contributed by atoms with Gasteiger partial charge in [-0.3, -0.25) is 0 Å². The molecule has 0 aromatic heterocycles. The first-order valence-electron chi connectivity index (χ1n) is 4.82. The van der Waals surface area contributed by atoms with E-state index in [0.29, 0.717) is 0 Å². The van der Waals surface area contributed by atoms with Crippen molar-refractivity contribution in [1.29, 1.82) is 0 Å². The van der Waals surface area contributed by atoms with Crippen LogP contribution in [0.3, 0.4) is 0 Å². The van der Waals surface area contributed by atoms with Gasteiger partial charge in [-0.1, -0.05) is 36.0 Å². The number of rotatable bonds is 1. The van der Waals surface area contributed by atoms with Crippen molar-refractivity contribution in [1.82, 2.24) is 0 Å². The first kappa shape index (κ1) is 7.91. The van der Waals surface area contributed by atoms with Gasteiger partial charge in [0.05, 0.1) is 0 Å². The number of benzene rings is 1. The van der Waals surface area contributed by atoms with Crippen molar-refractivity contribution in [2.24, 2.45) is 0 Å². The Morgan fingerprint density at radius 2 is 2.00 bits per heavy atom. The molecule has 1 aliphatic rings. The van der Waals surface area contributed by atoms with Gasteiger partial charge in [-0.25, -0.2) is 0 Å². The van der Waals surface area contributed by atoms with Crippen LogP contribution in [0.25, 0.3) is 0 Å². The van der Waals surface area contributed by atoms with Crippen LogP contribution in [0.5, 0.6) is 0 Å². The Morgan fingerprint density at radius 3 is 2.83 bits per heavy atom. The highest BCUT2D eigenvalue weighted by molar-refractivity contribution is 6.52. The molecule has 0 heterocycles. The summed E-state index contributed by atoms with van der Waals surface area (Å²) < 4.78 is 0. The molecule has 1 aliphatic carbocycles. The predicted molar refractivity (Wildman–Crippen MR) is 54.3 cm³/mol. The van der Waals surface area contributed by atoms with E-state index in [4.69, 9.17) is 0 Å². The van der Waals surface area contributed by atoms with Crippen molar-refractivity contribution < 1.29 is 0 Å². The minimum Gasteiger partial charge on any atom is -0.0872 e. The van der Waals surface area contributed by atoms with Crippen LogP contribution in [-0.4, -0.2) is 7.28 Å². The van der Waals surface area contributed by atoms with Gasteiger partial charge in [0.15, 0.2) is 0 Å². The maximum Gasteiger partial charge on any atom is 0.148 e. The van der Waals surface area contributed by atoms with Gasteiger partial charge in [-0.05, 0) is 31.2 Å². The van der Waals surface area contributed by atoms with Crippen LogP contribution < -0.4 is 5.46 Å². The molecule has 0 unspecified atom stereocenters. The van der Waals surface area contributed by atoms with Crippen molar-refractivity contribution in [3.63, 3.8) is 0 Å². The van der Waals surface area contributed by atoms with Gasteiger partial charge in [0.25, 0.3) is 0 Å². The Morgan fingerprint density at radius 1 is 1.17 bits per heavy atom. The molecule has 0 saturated carbocycles. The van der Waals surface area contributed by atoms with Gasteiger partial charge in [0.1, 0.15) is 7.28 Å². The van der Waals surface area contributed by atoms with Gasteiger partial charge < -0.3 is 0 Å². The highest BCUT2D eigenvalue weighted by Crippen LogP contribution is 2.18. The summed E-state index contributed by atoms with van der Waals surface area (Å²) >= 11 is 0. The lowest BCUT2D eigenvalue weighted by Gasteiger charge is -2.18. The quantitative estimate of drug-likeness (QED) is 0.546. The topological polar surface area (TPSA) is 0 Å². The fraction of sp³-hybridized carbons (Fsp3) is 0.455. The molecule has 0 saturated heterocycles. The zero-order valence-electron chi connectivity index (χ0n) is 7.64. The maximum absolute atomic E-state index is 2.28. The summed E-state index contributed by atoms with van der Waals surface area (Å²) in [6.07, 6.45) is 5.32. The van der Waals surface area contributed by atoms with Crippen molar-refractivity contribution in [2.75, 3.05) is 0 Å². The molecule has 61 valence electrons. The lowest BCUT2D eigenvalue weighted by molar-refractivity contribution is 0.688. The molecule has 1 aromatic rings. The van der Waals surface area contributed by atoms with E-state index in [-0.39, 0.29) is 0 Å². The van der Waals surface area contributed by atoms with E-state index >= 15 is 0 Å². The fourth-order valence-electron chi connectivity index (χ4n) is 2.08. The van der Waals surface area contributed by atoms with Crippen LogP contribution in [0.15, 0.2) is 18.2 Å². The van der Waals surface area contributed by atoms with E-state index in [0.717, 1.165) is 0 Å². The summed E-state index contributed by atoms with van der Waals surface area (Å²) in [6, 6.07) is 6.69. The zero-order valence-corrected chi connectivity index (χ0v) is 7.64. The number of hydrogen-bond acceptors (Lipinski definition) is 0. The number of hydrogen-bond donors (Lipinski definition) is 0. The van der Waals surface area contributed by atoms with Crippen LogP contribution >= 0.6 is 0 Å². The molecule has 0 fully saturated rings. The molecular weight excluding hydrogens is 143 g/mol. The molecule has 1 radical (unpaired) electrons. The summed E-state index contributed by atoms with van der Waals surface area (Å²) in [5.74, 6) is 0. The molecule has 0 nitrogen and oxygen atoms in total. The molecular formula is C11H14B. The zero-order chi connectivity index (χ0) is 8.39. The van der Waals surface area contributed by atoms with Crippen molar-refractivity contribution in [3.05, 3.63) is 29.3 Å². The minimum absolute atomic E-state index is 1.29. The van der Waals surface area contributed by atoms with Crippen molar-refractivity contribution >= 4 is 12.7 Å². The lowest BCUT2D eigenvalue weighted by Crippen LogP contribution is -2.21. The molecule has 0 bridgehead atoms. The molecule has 0 aliphatic heterocycles. The van der Waals surface area contributed by atoms with Gasteiger partial charge in [-0.2, -0.15) is 0 Å². The third-order valence-corrected chi connectivity index (χ3v) is 2.74. The smallest absolute Gasteiger partial charge is 0.0872 e. The Labute approximate surface area is 75.2 Å². The van der Waals surface area contributed by atoms with E-state index in [1.165, 1.54) is 31.1 Å². The van der Waals surface area contributed by atoms with E-state index in [1.807, 2.05) is 0 Å². The highest BCUT2D eigenvalue weighted by Gasteiger charge is 2.10. The van der Waals surface area contributed by atoms with Crippen LogP contribution in [0.4, 0.5) is 0 Å². The van der Waals surface area contributed by atoms with Crippen LogP contribution in [-0.2, 0) is 12.8 Å². The monoisotopic (exact) mass is 157 g/mol. The Hall–Kier alpha value is -0.715. The minimum atomic E-state index is 1.29. The van der Waals surface area contributed by atoms with Gasteiger partial charge >= 0.3 is 0 Å². The maximum atomic E-state index is 2.28. The van der Waals surface area contributed by atoms with E-state index in [2.05, 4.69) is 32.3 Å². The summed E-state index contributed by atoms with van der Waals surface area (Å²) in [7, 11) is 2.23. The predicted octanol–water partition coefficient (Wildman–Crippen LogP) is 1.94. The first-order valence-corrected chi connectivity index (χ1v) is 4.82.